The maximum atomic E-state index is 12.8. The molecule has 2 N–H and O–H groups in total. The Hall–Kier alpha value is -3.84. The zero-order chi connectivity index (χ0) is 23.7. The molecule has 1 fully saturated rings. The number of nitrogens with zero attached hydrogens (tertiary/aromatic N) is 7. The second-order valence-corrected chi connectivity index (χ2v) is 9.12. The van der Waals surface area contributed by atoms with Crippen molar-refractivity contribution in [2.45, 2.75) is 31.5 Å². The normalized spacial score (nSPS) is 15.5. The lowest BCUT2D eigenvalue weighted by atomic mass is 9.91. The van der Waals surface area contributed by atoms with Crippen LogP contribution in [0.1, 0.15) is 38.8 Å². The second-order valence-electron chi connectivity index (χ2n) is 8.20. The summed E-state index contributed by atoms with van der Waals surface area (Å²) in [5.74, 6) is -0.699. The summed E-state index contributed by atoms with van der Waals surface area (Å²) in [6.45, 7) is 1.33. The molecule has 0 radical (unpaired) electrons. The summed E-state index contributed by atoms with van der Waals surface area (Å²) in [6, 6.07) is 4.96. The maximum Gasteiger partial charge on any atom is 0.345 e. The lowest BCUT2D eigenvalue weighted by Crippen LogP contribution is -2.48. The van der Waals surface area contributed by atoms with Crippen LogP contribution in [-0.2, 0) is 13.1 Å². The van der Waals surface area contributed by atoms with Gasteiger partial charge in [-0.25, -0.2) is 9.48 Å². The number of hydrogen-bond acceptors (Lipinski definition) is 9. The Morgan fingerprint density at radius 1 is 1.21 bits per heavy atom. The number of likely N-dealkylation sites (tertiary alicyclic amines) is 1. The molecule has 176 valence electrons. The van der Waals surface area contributed by atoms with Gasteiger partial charge in [-0.1, -0.05) is 10.4 Å². The molecule has 0 aromatic carbocycles. The van der Waals surface area contributed by atoms with Crippen LogP contribution < -0.4 is 0 Å². The Balaban J connectivity index is 1.17. The molecule has 0 bridgehead atoms. The topological polar surface area (TPSA) is 152 Å². The largest absolute Gasteiger partial charge is 0.477 e. The van der Waals surface area contributed by atoms with Gasteiger partial charge in [0, 0.05) is 42.5 Å². The van der Waals surface area contributed by atoms with Crippen LogP contribution in [0.4, 0.5) is 0 Å². The van der Waals surface area contributed by atoms with Crippen molar-refractivity contribution < 1.29 is 24.3 Å². The SMILES string of the molecule is O=C(O)c1cc(-c2cn(CC3(O)CCN(C(=O)c4cc(Cn5cccn5)on4)CC3)nn2)cs1. The second kappa shape index (κ2) is 8.83. The van der Waals surface area contributed by atoms with Crippen molar-refractivity contribution >= 4 is 23.2 Å². The first-order chi connectivity index (χ1) is 16.4. The lowest BCUT2D eigenvalue weighted by Gasteiger charge is -2.37. The molecule has 4 aromatic rings. The first-order valence-electron chi connectivity index (χ1n) is 10.6. The third kappa shape index (κ3) is 4.61. The molecule has 0 saturated carbocycles. The number of carboxylic acids is 1. The van der Waals surface area contributed by atoms with Crippen molar-refractivity contribution in [3.63, 3.8) is 0 Å². The fourth-order valence-electron chi connectivity index (χ4n) is 3.88. The molecule has 0 spiro atoms. The highest BCUT2D eigenvalue weighted by Crippen LogP contribution is 2.27. The molecule has 1 saturated heterocycles. The third-order valence-electron chi connectivity index (χ3n) is 5.74. The highest BCUT2D eigenvalue weighted by atomic mass is 32.1. The predicted molar refractivity (Wildman–Crippen MR) is 118 cm³/mol. The van der Waals surface area contributed by atoms with Gasteiger partial charge in [0.1, 0.15) is 17.1 Å². The average molecular weight is 484 g/mol. The molecule has 0 aliphatic carbocycles. The molecule has 4 aromatic heterocycles. The summed E-state index contributed by atoms with van der Waals surface area (Å²) >= 11 is 1.12. The summed E-state index contributed by atoms with van der Waals surface area (Å²) in [5.41, 5.74) is 0.389. The summed E-state index contributed by atoms with van der Waals surface area (Å²) in [5, 5.41) is 38.0. The Bertz CT molecular complexity index is 1300. The number of carbonyl (C=O) groups excluding carboxylic acids is 1. The van der Waals surface area contributed by atoms with Crippen molar-refractivity contribution in [3.05, 3.63) is 58.5 Å². The number of piperidine rings is 1. The van der Waals surface area contributed by atoms with E-state index >= 15 is 0 Å². The molecular weight excluding hydrogens is 462 g/mol. The number of aromatic nitrogens is 6. The number of thiophene rings is 1. The van der Waals surface area contributed by atoms with E-state index in [0.29, 0.717) is 49.5 Å². The standard InChI is InChI=1S/C21H21N7O5S/c29-19(16-9-15(33-24-16)10-27-5-1-4-22-27)26-6-2-21(32,3-7-26)13-28-11-17(23-25-28)14-8-18(20(30)31)34-12-14/h1,4-5,8-9,11-12,32H,2-3,6-7,10,13H2,(H,30,31). The van der Waals surface area contributed by atoms with E-state index in [4.69, 9.17) is 9.63 Å². The molecule has 5 rings (SSSR count). The Morgan fingerprint density at radius 3 is 2.74 bits per heavy atom. The van der Waals surface area contributed by atoms with E-state index in [2.05, 4.69) is 20.6 Å². The highest BCUT2D eigenvalue weighted by molar-refractivity contribution is 7.12. The van der Waals surface area contributed by atoms with Crippen molar-refractivity contribution in [3.8, 4) is 11.3 Å². The van der Waals surface area contributed by atoms with Crippen LogP contribution in [0.2, 0.25) is 0 Å². The summed E-state index contributed by atoms with van der Waals surface area (Å²) < 4.78 is 8.49. The fraction of sp³-hybridized carbons (Fsp3) is 0.333. The number of rotatable bonds is 7. The van der Waals surface area contributed by atoms with Crippen molar-refractivity contribution in [1.82, 2.24) is 34.8 Å². The monoisotopic (exact) mass is 483 g/mol. The van der Waals surface area contributed by atoms with E-state index in [-0.39, 0.29) is 23.0 Å². The first-order valence-corrected chi connectivity index (χ1v) is 11.4. The van der Waals surface area contributed by atoms with Crippen LogP contribution in [-0.4, -0.2) is 75.6 Å². The molecule has 1 aliphatic rings. The van der Waals surface area contributed by atoms with Gasteiger partial charge in [0.15, 0.2) is 11.5 Å². The smallest absolute Gasteiger partial charge is 0.345 e. The number of carboxylic acid groups (broad SMARTS) is 1. The van der Waals surface area contributed by atoms with E-state index in [0.717, 1.165) is 11.3 Å². The Labute approximate surface area is 197 Å². The molecule has 1 amide bonds. The maximum absolute atomic E-state index is 12.8. The molecule has 5 heterocycles. The van der Waals surface area contributed by atoms with E-state index in [1.807, 2.05) is 0 Å². The third-order valence-corrected chi connectivity index (χ3v) is 6.66. The molecule has 12 nitrogen and oxygen atoms in total. The van der Waals surface area contributed by atoms with Crippen molar-refractivity contribution in [2.24, 2.45) is 0 Å². The quantitative estimate of drug-likeness (QED) is 0.399. The number of aliphatic hydroxyl groups is 1. The van der Waals surface area contributed by atoms with Gasteiger partial charge in [0.2, 0.25) is 0 Å². The predicted octanol–water partition coefficient (Wildman–Crippen LogP) is 1.60. The van der Waals surface area contributed by atoms with E-state index in [1.165, 1.54) is 0 Å². The zero-order valence-electron chi connectivity index (χ0n) is 17.9. The van der Waals surface area contributed by atoms with Gasteiger partial charge >= 0.3 is 5.97 Å². The van der Waals surface area contributed by atoms with Gasteiger partial charge < -0.3 is 19.6 Å². The Kier molecular flexibility index (Phi) is 5.71. The Morgan fingerprint density at radius 2 is 2.03 bits per heavy atom. The number of aromatic carboxylic acids is 1. The first kappa shape index (κ1) is 22.0. The van der Waals surface area contributed by atoms with Crippen LogP contribution in [0, 0.1) is 0 Å². The van der Waals surface area contributed by atoms with Gasteiger partial charge in [-0.05, 0) is 25.0 Å². The van der Waals surface area contributed by atoms with Gasteiger partial charge in [0.25, 0.3) is 5.91 Å². The molecular formula is C21H21N7O5S. The fourth-order valence-corrected chi connectivity index (χ4v) is 4.62. The molecule has 0 unspecified atom stereocenters. The van der Waals surface area contributed by atoms with E-state index in [9.17, 15) is 14.7 Å². The van der Waals surface area contributed by atoms with Crippen molar-refractivity contribution in [2.75, 3.05) is 13.1 Å². The zero-order valence-corrected chi connectivity index (χ0v) is 18.8. The molecule has 34 heavy (non-hydrogen) atoms. The van der Waals surface area contributed by atoms with Crippen LogP contribution in [0.3, 0.4) is 0 Å². The summed E-state index contributed by atoms with van der Waals surface area (Å²) in [7, 11) is 0. The number of hydrogen-bond donors (Lipinski definition) is 2. The minimum Gasteiger partial charge on any atom is -0.477 e. The van der Waals surface area contributed by atoms with Crippen LogP contribution in [0.15, 0.2) is 46.7 Å². The minimum atomic E-state index is -1.04. The van der Waals surface area contributed by atoms with E-state index < -0.39 is 11.6 Å². The van der Waals surface area contributed by atoms with Crippen LogP contribution in [0.5, 0.6) is 0 Å². The highest BCUT2D eigenvalue weighted by Gasteiger charge is 2.35. The summed E-state index contributed by atoms with van der Waals surface area (Å²) in [6.07, 6.45) is 5.87. The molecule has 1 aliphatic heterocycles. The minimum absolute atomic E-state index is 0.218. The summed E-state index contributed by atoms with van der Waals surface area (Å²) in [4.78, 5) is 25.8. The van der Waals surface area contributed by atoms with E-state index in [1.54, 1.807) is 56.4 Å². The van der Waals surface area contributed by atoms with Gasteiger partial charge in [-0.2, -0.15) is 5.10 Å². The lowest BCUT2D eigenvalue weighted by molar-refractivity contribution is -0.0319. The number of amides is 1. The van der Waals surface area contributed by atoms with Crippen LogP contribution >= 0.6 is 11.3 Å². The van der Waals surface area contributed by atoms with Gasteiger partial charge in [0.05, 0.1) is 18.3 Å². The molecule has 0 atom stereocenters. The number of carbonyl (C=O) groups is 2. The van der Waals surface area contributed by atoms with Crippen molar-refractivity contribution in [1.29, 1.82) is 0 Å². The average Bonchev–Trinajstić information content (AvgIpc) is 3.61. The molecule has 13 heteroatoms. The van der Waals surface area contributed by atoms with Gasteiger partial charge in [-0.3, -0.25) is 9.48 Å². The van der Waals surface area contributed by atoms with Gasteiger partial charge in [-0.15, -0.1) is 16.4 Å². The van der Waals surface area contributed by atoms with Crippen LogP contribution in [0.25, 0.3) is 11.3 Å².